The van der Waals surface area contributed by atoms with Crippen LogP contribution < -0.4 is 10.6 Å². The first-order valence-electron chi connectivity index (χ1n) is 7.16. The largest absolute Gasteiger partial charge is 0.361 e. The van der Waals surface area contributed by atoms with Crippen molar-refractivity contribution < 1.29 is 4.39 Å². The Morgan fingerprint density at radius 1 is 1.38 bits per heavy atom. The minimum atomic E-state index is -0.183. The van der Waals surface area contributed by atoms with Crippen LogP contribution in [0.15, 0.2) is 34.1 Å². The van der Waals surface area contributed by atoms with Gasteiger partial charge < -0.3 is 10.6 Å². The summed E-state index contributed by atoms with van der Waals surface area (Å²) in [5, 5.41) is 0. The van der Waals surface area contributed by atoms with Gasteiger partial charge in [0.1, 0.15) is 5.82 Å². The Kier molecular flexibility index (Phi) is 4.33. The second-order valence-corrected chi connectivity index (χ2v) is 7.87. The van der Waals surface area contributed by atoms with Crippen molar-refractivity contribution in [3.8, 4) is 0 Å². The molecular weight excluding hydrogens is 351 g/mol. The minimum absolute atomic E-state index is 0.0322. The molecule has 0 saturated carbocycles. The number of benzene rings is 1. The first-order valence-corrected chi connectivity index (χ1v) is 8.77. The van der Waals surface area contributed by atoms with Gasteiger partial charge in [-0.25, -0.2) is 4.39 Å². The van der Waals surface area contributed by atoms with Gasteiger partial charge in [0.15, 0.2) is 0 Å². The lowest BCUT2D eigenvalue weighted by Crippen LogP contribution is -2.39. The fourth-order valence-corrected chi connectivity index (χ4v) is 4.59. The summed E-state index contributed by atoms with van der Waals surface area (Å²) in [5.74, 6) is -0.183. The molecule has 0 amide bonds. The number of halogens is 2. The predicted molar refractivity (Wildman–Crippen MR) is 90.5 cm³/mol. The molecule has 2 aromatic rings. The van der Waals surface area contributed by atoms with E-state index in [0.717, 1.165) is 28.9 Å². The van der Waals surface area contributed by atoms with E-state index in [1.165, 1.54) is 10.4 Å². The second kappa shape index (κ2) is 6.07. The maximum atomic E-state index is 13.6. The number of rotatable bonds is 4. The van der Waals surface area contributed by atoms with E-state index in [9.17, 15) is 4.39 Å². The number of hydrogen-bond acceptors (Lipinski definition) is 3. The molecule has 0 aliphatic carbocycles. The fourth-order valence-electron chi connectivity index (χ4n) is 2.97. The van der Waals surface area contributed by atoms with Crippen molar-refractivity contribution in [2.45, 2.75) is 31.8 Å². The number of fused-ring (bicyclic) bond motifs is 1. The van der Waals surface area contributed by atoms with E-state index in [4.69, 9.17) is 5.73 Å². The summed E-state index contributed by atoms with van der Waals surface area (Å²) in [6.07, 6.45) is 1.84. The van der Waals surface area contributed by atoms with Crippen molar-refractivity contribution in [2.24, 2.45) is 5.73 Å². The summed E-state index contributed by atoms with van der Waals surface area (Å²) < 4.78 is 14.7. The van der Waals surface area contributed by atoms with Gasteiger partial charge >= 0.3 is 0 Å². The van der Waals surface area contributed by atoms with Gasteiger partial charge in [-0.15, -0.1) is 11.3 Å². The summed E-state index contributed by atoms with van der Waals surface area (Å²) in [6, 6.07) is 9.38. The van der Waals surface area contributed by atoms with Crippen molar-refractivity contribution in [3.05, 3.63) is 50.4 Å². The number of anilines is 1. The van der Waals surface area contributed by atoms with Crippen LogP contribution in [0.2, 0.25) is 0 Å². The van der Waals surface area contributed by atoms with E-state index in [1.807, 2.05) is 6.07 Å². The molecule has 112 valence electrons. The average Bonchev–Trinajstić information content (AvgIpc) is 3.06. The second-order valence-electron chi connectivity index (χ2n) is 5.38. The molecule has 21 heavy (non-hydrogen) atoms. The smallest absolute Gasteiger partial charge is 0.125 e. The molecule has 5 heteroatoms. The third-order valence-electron chi connectivity index (χ3n) is 4.08. The summed E-state index contributed by atoms with van der Waals surface area (Å²) >= 11 is 5.23. The van der Waals surface area contributed by atoms with E-state index < -0.39 is 0 Å². The zero-order valence-electron chi connectivity index (χ0n) is 11.9. The maximum Gasteiger partial charge on any atom is 0.125 e. The standard InChI is InChI=1S/C16H18BrFN2S/c1-2-12(19)16(14-5-6-15(17)21-14)20-8-7-10-3-4-11(18)9-13(10)20/h3-6,9,12,16H,2,7-8,19H2,1H3. The number of nitrogens with two attached hydrogens (primary N) is 1. The van der Waals surface area contributed by atoms with Crippen LogP contribution in [0.5, 0.6) is 0 Å². The SMILES string of the molecule is CCC(N)C(c1ccc(Br)s1)N1CCc2ccc(F)cc21. The van der Waals surface area contributed by atoms with Crippen molar-refractivity contribution in [3.63, 3.8) is 0 Å². The van der Waals surface area contributed by atoms with Crippen LogP contribution in [0.4, 0.5) is 10.1 Å². The lowest BCUT2D eigenvalue weighted by atomic mass is 10.0. The third kappa shape index (κ3) is 2.87. The number of thiophene rings is 1. The highest BCUT2D eigenvalue weighted by molar-refractivity contribution is 9.11. The van der Waals surface area contributed by atoms with Gasteiger partial charge in [0.2, 0.25) is 0 Å². The van der Waals surface area contributed by atoms with Crippen LogP contribution in [0.25, 0.3) is 0 Å². The van der Waals surface area contributed by atoms with Gasteiger partial charge in [0, 0.05) is 23.2 Å². The lowest BCUT2D eigenvalue weighted by molar-refractivity contribution is 0.503. The molecule has 2 heterocycles. The molecule has 1 aliphatic heterocycles. The molecule has 3 rings (SSSR count). The average molecular weight is 369 g/mol. The Hall–Kier alpha value is -0.910. The van der Waals surface area contributed by atoms with Crippen LogP contribution >= 0.6 is 27.3 Å². The van der Waals surface area contributed by atoms with Crippen LogP contribution in [0.1, 0.15) is 29.8 Å². The van der Waals surface area contributed by atoms with E-state index in [0.29, 0.717) is 0 Å². The molecule has 1 aromatic heterocycles. The Balaban J connectivity index is 2.01. The molecule has 2 nitrogen and oxygen atoms in total. The molecule has 0 fully saturated rings. The Morgan fingerprint density at radius 3 is 2.86 bits per heavy atom. The normalized spacial score (nSPS) is 16.9. The van der Waals surface area contributed by atoms with Crippen molar-refractivity contribution >= 4 is 33.0 Å². The summed E-state index contributed by atoms with van der Waals surface area (Å²) in [6.45, 7) is 3.00. The topological polar surface area (TPSA) is 29.3 Å². The summed E-state index contributed by atoms with van der Waals surface area (Å²) in [4.78, 5) is 3.50. The summed E-state index contributed by atoms with van der Waals surface area (Å²) in [5.41, 5.74) is 8.59. The molecule has 0 radical (unpaired) electrons. The molecule has 0 saturated heterocycles. The van der Waals surface area contributed by atoms with Gasteiger partial charge in [-0.3, -0.25) is 0 Å². The fraction of sp³-hybridized carbons (Fsp3) is 0.375. The minimum Gasteiger partial charge on any atom is -0.361 e. The van der Waals surface area contributed by atoms with Crippen LogP contribution in [-0.4, -0.2) is 12.6 Å². The molecule has 0 bridgehead atoms. The van der Waals surface area contributed by atoms with E-state index in [2.05, 4.69) is 39.9 Å². The quantitative estimate of drug-likeness (QED) is 0.861. The van der Waals surface area contributed by atoms with Crippen LogP contribution in [0.3, 0.4) is 0 Å². The van der Waals surface area contributed by atoms with Crippen molar-refractivity contribution in [2.75, 3.05) is 11.4 Å². The highest BCUT2D eigenvalue weighted by atomic mass is 79.9. The lowest BCUT2D eigenvalue weighted by Gasteiger charge is -2.33. The Bertz CT molecular complexity index is 643. The molecule has 2 atom stereocenters. The van der Waals surface area contributed by atoms with Crippen molar-refractivity contribution in [1.29, 1.82) is 0 Å². The van der Waals surface area contributed by atoms with Gasteiger partial charge in [0.25, 0.3) is 0 Å². The highest BCUT2D eigenvalue weighted by Crippen LogP contribution is 2.40. The van der Waals surface area contributed by atoms with E-state index >= 15 is 0 Å². The van der Waals surface area contributed by atoms with Gasteiger partial charge in [-0.2, -0.15) is 0 Å². The first kappa shape index (κ1) is 15.0. The zero-order valence-corrected chi connectivity index (χ0v) is 14.3. The molecule has 2 N–H and O–H groups in total. The van der Waals surface area contributed by atoms with Crippen molar-refractivity contribution in [1.82, 2.24) is 0 Å². The van der Waals surface area contributed by atoms with Gasteiger partial charge in [-0.1, -0.05) is 13.0 Å². The predicted octanol–water partition coefficient (Wildman–Crippen LogP) is 4.49. The molecular formula is C16H18BrFN2S. The summed E-state index contributed by atoms with van der Waals surface area (Å²) in [7, 11) is 0. The zero-order chi connectivity index (χ0) is 15.0. The molecule has 1 aromatic carbocycles. The maximum absolute atomic E-state index is 13.6. The van der Waals surface area contributed by atoms with Crippen LogP contribution in [0, 0.1) is 5.82 Å². The molecule has 2 unspecified atom stereocenters. The third-order valence-corrected chi connectivity index (χ3v) is 5.77. The van der Waals surface area contributed by atoms with Crippen LogP contribution in [-0.2, 0) is 6.42 Å². The monoisotopic (exact) mass is 368 g/mol. The highest BCUT2D eigenvalue weighted by Gasteiger charge is 2.32. The van der Waals surface area contributed by atoms with Gasteiger partial charge in [-0.05, 0) is 58.6 Å². The van der Waals surface area contributed by atoms with Gasteiger partial charge in [0.05, 0.1) is 9.83 Å². The molecule has 1 aliphatic rings. The Morgan fingerprint density at radius 2 is 2.19 bits per heavy atom. The molecule has 0 spiro atoms. The van der Waals surface area contributed by atoms with E-state index in [1.54, 1.807) is 23.5 Å². The Labute approximate surface area is 136 Å². The first-order chi connectivity index (χ1) is 10.1. The number of hydrogen-bond donors (Lipinski definition) is 1. The number of nitrogens with zero attached hydrogens (tertiary/aromatic N) is 1. The van der Waals surface area contributed by atoms with E-state index in [-0.39, 0.29) is 17.9 Å².